The molecule has 0 aromatic heterocycles. The second kappa shape index (κ2) is 11.1. The number of para-hydroxylation sites is 1. The fraction of sp³-hybridized carbons (Fsp3) is 0.0213. The molecule has 8 aromatic rings. The largest absolute Gasteiger partial charge is 0.310 e. The third-order valence-corrected chi connectivity index (χ3v) is 11.5. The SMILES string of the molecule is c1ccc(-c2ccc(N(c3ccccc3)c3ccc4c(c3)C3(c5ccccc5Sc5ccccc53)c3ccc5ccccc5c3-4)cc2)cc1. The van der Waals surface area contributed by atoms with Gasteiger partial charge in [-0.3, -0.25) is 0 Å². The molecule has 1 aliphatic heterocycles. The zero-order chi connectivity index (χ0) is 32.4. The van der Waals surface area contributed by atoms with Crippen molar-refractivity contribution in [2.75, 3.05) is 4.90 Å². The number of hydrogen-bond donors (Lipinski definition) is 0. The van der Waals surface area contributed by atoms with Gasteiger partial charge < -0.3 is 4.90 Å². The highest BCUT2D eigenvalue weighted by Gasteiger charge is 2.50. The lowest BCUT2D eigenvalue weighted by Gasteiger charge is -2.40. The minimum Gasteiger partial charge on any atom is -0.310 e. The van der Waals surface area contributed by atoms with Crippen LogP contribution in [0.5, 0.6) is 0 Å². The van der Waals surface area contributed by atoms with Crippen LogP contribution >= 0.6 is 11.8 Å². The van der Waals surface area contributed by atoms with Gasteiger partial charge in [-0.2, -0.15) is 0 Å². The van der Waals surface area contributed by atoms with Crippen LogP contribution in [0.15, 0.2) is 198 Å². The monoisotopic (exact) mass is 641 g/mol. The maximum Gasteiger partial charge on any atom is 0.0736 e. The summed E-state index contributed by atoms with van der Waals surface area (Å²) in [6.07, 6.45) is 0. The van der Waals surface area contributed by atoms with E-state index in [1.54, 1.807) is 0 Å². The Labute approximate surface area is 291 Å². The van der Waals surface area contributed by atoms with E-state index in [1.807, 2.05) is 11.8 Å². The molecule has 1 heterocycles. The van der Waals surface area contributed by atoms with Gasteiger partial charge in [-0.15, -0.1) is 0 Å². The van der Waals surface area contributed by atoms with Crippen molar-refractivity contribution in [1.82, 2.24) is 0 Å². The van der Waals surface area contributed by atoms with E-state index < -0.39 is 5.41 Å². The summed E-state index contributed by atoms with van der Waals surface area (Å²) in [5, 5.41) is 2.57. The molecule has 2 aliphatic rings. The molecule has 2 heteroatoms. The van der Waals surface area contributed by atoms with Crippen LogP contribution in [0.2, 0.25) is 0 Å². The summed E-state index contributed by atoms with van der Waals surface area (Å²) in [6, 6.07) is 69.2. The summed E-state index contributed by atoms with van der Waals surface area (Å²) >= 11 is 1.89. The molecule has 49 heavy (non-hydrogen) atoms. The van der Waals surface area contributed by atoms with E-state index in [0.717, 1.165) is 17.1 Å². The van der Waals surface area contributed by atoms with Gasteiger partial charge in [0.1, 0.15) is 0 Å². The molecule has 0 atom stereocenters. The molecular weight excluding hydrogens is 611 g/mol. The first-order valence-electron chi connectivity index (χ1n) is 16.9. The molecule has 1 nitrogen and oxygen atoms in total. The van der Waals surface area contributed by atoms with Crippen LogP contribution in [0.3, 0.4) is 0 Å². The summed E-state index contributed by atoms with van der Waals surface area (Å²) in [4.78, 5) is 5.03. The Balaban J connectivity index is 1.26. The first kappa shape index (κ1) is 28.2. The van der Waals surface area contributed by atoms with Crippen LogP contribution < -0.4 is 4.90 Å². The van der Waals surface area contributed by atoms with Crippen LogP contribution in [-0.4, -0.2) is 0 Å². The molecule has 0 fully saturated rings. The van der Waals surface area contributed by atoms with Gasteiger partial charge in [-0.05, 0) is 104 Å². The van der Waals surface area contributed by atoms with E-state index in [-0.39, 0.29) is 0 Å². The maximum absolute atomic E-state index is 2.48. The van der Waals surface area contributed by atoms with Crippen LogP contribution in [0.1, 0.15) is 22.3 Å². The fourth-order valence-electron chi connectivity index (χ4n) is 8.25. The van der Waals surface area contributed by atoms with Crippen molar-refractivity contribution in [3.63, 3.8) is 0 Å². The highest BCUT2D eigenvalue weighted by Crippen LogP contribution is 2.63. The molecule has 0 amide bonds. The van der Waals surface area contributed by atoms with E-state index in [9.17, 15) is 0 Å². The molecule has 10 rings (SSSR count). The van der Waals surface area contributed by atoms with Gasteiger partial charge in [-0.1, -0.05) is 151 Å². The molecule has 0 N–H and O–H groups in total. The van der Waals surface area contributed by atoms with Crippen LogP contribution in [-0.2, 0) is 5.41 Å². The van der Waals surface area contributed by atoms with E-state index in [2.05, 4.69) is 193 Å². The Morgan fingerprint density at radius 2 is 0.959 bits per heavy atom. The topological polar surface area (TPSA) is 3.24 Å². The summed E-state index contributed by atoms with van der Waals surface area (Å²) < 4.78 is 0. The molecule has 0 unspecified atom stereocenters. The minimum atomic E-state index is -0.456. The first-order chi connectivity index (χ1) is 24.3. The Kier molecular flexibility index (Phi) is 6.40. The van der Waals surface area contributed by atoms with Gasteiger partial charge in [-0.25, -0.2) is 0 Å². The van der Waals surface area contributed by atoms with E-state index >= 15 is 0 Å². The molecule has 8 aromatic carbocycles. The molecule has 0 saturated carbocycles. The predicted octanol–water partition coefficient (Wildman–Crippen LogP) is 12.8. The third kappa shape index (κ3) is 4.21. The second-order valence-electron chi connectivity index (χ2n) is 12.9. The van der Waals surface area contributed by atoms with Crippen molar-refractivity contribution < 1.29 is 0 Å². The summed E-state index contributed by atoms with van der Waals surface area (Å²) in [5.74, 6) is 0. The zero-order valence-electron chi connectivity index (χ0n) is 26.8. The summed E-state index contributed by atoms with van der Waals surface area (Å²) in [7, 11) is 0. The average Bonchev–Trinajstić information content (AvgIpc) is 3.46. The van der Waals surface area contributed by atoms with Gasteiger partial charge in [0.2, 0.25) is 0 Å². The molecule has 0 saturated heterocycles. The minimum absolute atomic E-state index is 0.456. The van der Waals surface area contributed by atoms with Crippen molar-refractivity contribution >= 4 is 39.6 Å². The van der Waals surface area contributed by atoms with Gasteiger partial charge in [0.15, 0.2) is 0 Å². The van der Waals surface area contributed by atoms with Crippen LogP contribution in [0, 0.1) is 0 Å². The first-order valence-corrected chi connectivity index (χ1v) is 17.7. The molecule has 0 bridgehead atoms. The molecule has 0 radical (unpaired) electrons. The van der Waals surface area contributed by atoms with Gasteiger partial charge in [0.05, 0.1) is 5.41 Å². The Morgan fingerprint density at radius 1 is 0.388 bits per heavy atom. The summed E-state index contributed by atoms with van der Waals surface area (Å²) in [5.41, 5.74) is 13.4. The number of hydrogen-bond acceptors (Lipinski definition) is 2. The van der Waals surface area contributed by atoms with E-state index in [4.69, 9.17) is 0 Å². The highest BCUT2D eigenvalue weighted by atomic mass is 32.2. The third-order valence-electron chi connectivity index (χ3n) is 10.3. The second-order valence-corrected chi connectivity index (χ2v) is 14.0. The van der Waals surface area contributed by atoms with Gasteiger partial charge in [0, 0.05) is 26.9 Å². The quantitative estimate of drug-likeness (QED) is 0.188. The van der Waals surface area contributed by atoms with Crippen molar-refractivity contribution in [3.05, 3.63) is 210 Å². The zero-order valence-corrected chi connectivity index (χ0v) is 27.6. The maximum atomic E-state index is 2.48. The Hall–Kier alpha value is -5.83. The molecule has 1 aliphatic carbocycles. The molecule has 1 spiro atoms. The van der Waals surface area contributed by atoms with E-state index in [0.29, 0.717) is 0 Å². The van der Waals surface area contributed by atoms with Gasteiger partial charge >= 0.3 is 0 Å². The standard InChI is InChI=1S/C47H31NS/c1-3-13-32(14-4-1)33-23-26-36(27-24-33)48(35-16-5-2-6-17-35)37-28-29-39-43(31-37)47(42-30-25-34-15-7-8-18-38(34)46(39)42)40-19-9-11-21-44(40)49-45-22-12-10-20-41(45)47/h1-31H. The number of rotatable bonds is 4. The molecule has 230 valence electrons. The van der Waals surface area contributed by atoms with Crippen molar-refractivity contribution in [3.8, 4) is 22.3 Å². The van der Waals surface area contributed by atoms with Gasteiger partial charge in [0.25, 0.3) is 0 Å². The normalized spacial score (nSPS) is 13.4. The van der Waals surface area contributed by atoms with Crippen LogP contribution in [0.4, 0.5) is 17.1 Å². The van der Waals surface area contributed by atoms with Crippen molar-refractivity contribution in [1.29, 1.82) is 0 Å². The summed E-state index contributed by atoms with van der Waals surface area (Å²) in [6.45, 7) is 0. The number of nitrogens with zero attached hydrogens (tertiary/aromatic N) is 1. The number of fused-ring (bicyclic) bond motifs is 11. The number of benzene rings is 8. The van der Waals surface area contributed by atoms with Crippen molar-refractivity contribution in [2.45, 2.75) is 15.2 Å². The lowest BCUT2D eigenvalue weighted by atomic mass is 9.67. The Morgan fingerprint density at radius 3 is 1.69 bits per heavy atom. The van der Waals surface area contributed by atoms with Crippen LogP contribution in [0.25, 0.3) is 33.0 Å². The van der Waals surface area contributed by atoms with Crippen molar-refractivity contribution in [2.24, 2.45) is 0 Å². The lowest BCUT2D eigenvalue weighted by Crippen LogP contribution is -2.32. The van der Waals surface area contributed by atoms with E-state index in [1.165, 1.54) is 65.1 Å². The Bertz CT molecular complexity index is 2470. The smallest absolute Gasteiger partial charge is 0.0736 e. The average molecular weight is 642 g/mol. The predicted molar refractivity (Wildman–Crippen MR) is 205 cm³/mol. The lowest BCUT2D eigenvalue weighted by molar-refractivity contribution is 0.723. The fourth-order valence-corrected chi connectivity index (χ4v) is 9.44. The molecular formula is C47H31NS. The highest BCUT2D eigenvalue weighted by molar-refractivity contribution is 7.99. The number of anilines is 3.